The lowest BCUT2D eigenvalue weighted by atomic mass is 10.1. The highest BCUT2D eigenvalue weighted by atomic mass is 35.5. The molecule has 142 valence electrons. The quantitative estimate of drug-likeness (QED) is 0.501. The summed E-state index contributed by atoms with van der Waals surface area (Å²) in [4.78, 5) is 31.0. The van der Waals surface area contributed by atoms with Crippen LogP contribution >= 0.6 is 11.6 Å². The Balaban J connectivity index is 2.00. The number of rotatable bonds is 6. The van der Waals surface area contributed by atoms with Crippen LogP contribution in [0.4, 0.5) is 5.95 Å². The van der Waals surface area contributed by atoms with Crippen LogP contribution in [0.25, 0.3) is 11.2 Å². The van der Waals surface area contributed by atoms with Gasteiger partial charge in [-0.2, -0.15) is 10.1 Å². The second-order valence-corrected chi connectivity index (χ2v) is 7.12. The number of aromatic amines is 1. The van der Waals surface area contributed by atoms with Gasteiger partial charge in [0.05, 0.1) is 6.21 Å². The molecule has 0 fully saturated rings. The van der Waals surface area contributed by atoms with Crippen molar-refractivity contribution in [3.8, 4) is 0 Å². The summed E-state index contributed by atoms with van der Waals surface area (Å²) in [7, 11) is 1.57. The maximum absolute atomic E-state index is 12.3. The zero-order valence-electron chi connectivity index (χ0n) is 15.4. The van der Waals surface area contributed by atoms with Gasteiger partial charge in [-0.3, -0.25) is 14.3 Å². The Morgan fingerprint density at radius 2 is 2.00 bits per heavy atom. The van der Waals surface area contributed by atoms with E-state index in [0.717, 1.165) is 12.0 Å². The van der Waals surface area contributed by atoms with E-state index in [0.29, 0.717) is 34.6 Å². The van der Waals surface area contributed by atoms with Gasteiger partial charge < -0.3 is 4.57 Å². The number of hydrogen-bond donors (Lipinski definition) is 2. The van der Waals surface area contributed by atoms with Gasteiger partial charge in [-0.15, -0.1) is 0 Å². The molecule has 9 heteroatoms. The largest absolute Gasteiger partial charge is 0.329 e. The first-order chi connectivity index (χ1) is 12.9. The van der Waals surface area contributed by atoms with E-state index >= 15 is 0 Å². The molecule has 2 N–H and O–H groups in total. The van der Waals surface area contributed by atoms with Crippen molar-refractivity contribution in [2.75, 3.05) is 5.43 Å². The topological polar surface area (TPSA) is 97.1 Å². The highest BCUT2D eigenvalue weighted by Crippen LogP contribution is 2.17. The molecule has 27 heavy (non-hydrogen) atoms. The van der Waals surface area contributed by atoms with Gasteiger partial charge in [0.1, 0.15) is 0 Å². The second-order valence-electron chi connectivity index (χ2n) is 6.68. The minimum atomic E-state index is -0.503. The van der Waals surface area contributed by atoms with Gasteiger partial charge in [-0.1, -0.05) is 37.6 Å². The van der Waals surface area contributed by atoms with Gasteiger partial charge in [0.25, 0.3) is 5.56 Å². The van der Waals surface area contributed by atoms with Crippen LogP contribution in [0.15, 0.2) is 39.0 Å². The van der Waals surface area contributed by atoms with Crippen molar-refractivity contribution in [1.29, 1.82) is 0 Å². The first-order valence-electron chi connectivity index (χ1n) is 8.61. The molecule has 0 atom stereocenters. The summed E-state index contributed by atoms with van der Waals surface area (Å²) in [6.07, 6.45) is 2.48. The van der Waals surface area contributed by atoms with Crippen LogP contribution in [0.3, 0.4) is 0 Å². The average molecular weight is 389 g/mol. The molecule has 0 aliphatic heterocycles. The van der Waals surface area contributed by atoms with Crippen LogP contribution in [-0.4, -0.2) is 25.3 Å². The number of halogens is 1. The fourth-order valence-electron chi connectivity index (χ4n) is 2.64. The molecule has 0 saturated heterocycles. The average Bonchev–Trinajstić information content (AvgIpc) is 2.99. The van der Waals surface area contributed by atoms with Crippen LogP contribution in [-0.2, 0) is 13.6 Å². The number of imidazole rings is 1. The third kappa shape index (κ3) is 4.11. The van der Waals surface area contributed by atoms with Crippen molar-refractivity contribution in [3.05, 3.63) is 55.7 Å². The fraction of sp³-hybridized carbons (Fsp3) is 0.333. The summed E-state index contributed by atoms with van der Waals surface area (Å²) < 4.78 is 3.07. The number of aromatic nitrogens is 4. The Bertz CT molecular complexity index is 1090. The Hall–Kier alpha value is -2.87. The number of anilines is 1. The predicted octanol–water partition coefficient (Wildman–Crippen LogP) is 2.57. The molecule has 8 nitrogen and oxygen atoms in total. The molecule has 0 bridgehead atoms. The van der Waals surface area contributed by atoms with Crippen molar-refractivity contribution in [2.24, 2.45) is 18.1 Å². The smallest absolute Gasteiger partial charge is 0.303 e. The molecule has 1 aromatic carbocycles. The second kappa shape index (κ2) is 7.79. The number of nitrogens with one attached hydrogen (secondary N) is 2. The summed E-state index contributed by atoms with van der Waals surface area (Å²) in [6.45, 7) is 4.78. The van der Waals surface area contributed by atoms with E-state index in [2.05, 4.69) is 34.3 Å². The molecule has 0 unspecified atom stereocenters. The monoisotopic (exact) mass is 388 g/mol. The number of benzene rings is 1. The minimum absolute atomic E-state index is 0.316. The van der Waals surface area contributed by atoms with Crippen LogP contribution in [0, 0.1) is 5.92 Å². The molecule has 3 aromatic rings. The Morgan fingerprint density at radius 3 is 2.67 bits per heavy atom. The molecule has 0 spiro atoms. The van der Waals surface area contributed by atoms with E-state index in [1.165, 1.54) is 4.57 Å². The number of H-pyrrole nitrogens is 1. The van der Waals surface area contributed by atoms with E-state index in [4.69, 9.17) is 11.6 Å². The van der Waals surface area contributed by atoms with Crippen LogP contribution < -0.4 is 16.7 Å². The molecular formula is C18H21ClN6O2. The maximum Gasteiger partial charge on any atom is 0.329 e. The van der Waals surface area contributed by atoms with Crippen molar-refractivity contribution in [3.63, 3.8) is 0 Å². The lowest BCUT2D eigenvalue weighted by Gasteiger charge is -2.09. The normalized spacial score (nSPS) is 11.7. The molecule has 2 aromatic heterocycles. The Labute approximate surface area is 160 Å². The van der Waals surface area contributed by atoms with Gasteiger partial charge in [0.2, 0.25) is 5.95 Å². The highest BCUT2D eigenvalue weighted by Gasteiger charge is 2.17. The molecule has 0 aliphatic rings. The van der Waals surface area contributed by atoms with Crippen molar-refractivity contribution in [1.82, 2.24) is 19.1 Å². The SMILES string of the molecule is CC(C)CCn1c(NN=Cc2ccc(Cl)cc2)nc2c1c(=O)[nH]c(=O)n2C. The van der Waals surface area contributed by atoms with Crippen LogP contribution in [0.5, 0.6) is 0 Å². The number of hydrogen-bond acceptors (Lipinski definition) is 5. The zero-order chi connectivity index (χ0) is 19.6. The van der Waals surface area contributed by atoms with E-state index in [1.807, 2.05) is 12.1 Å². The molecule has 2 heterocycles. The Kier molecular flexibility index (Phi) is 5.46. The molecule has 0 saturated carbocycles. The first kappa shape index (κ1) is 18.9. The van der Waals surface area contributed by atoms with E-state index in [1.54, 1.807) is 30.0 Å². The molecule has 0 aliphatic carbocycles. The maximum atomic E-state index is 12.3. The number of nitrogens with zero attached hydrogens (tertiary/aromatic N) is 4. The first-order valence-corrected chi connectivity index (χ1v) is 8.99. The molecule has 0 radical (unpaired) electrons. The standard InChI is InChI=1S/C18H21ClN6O2/c1-11(2)8-9-25-14-15(24(3)18(27)22-16(14)26)21-17(25)23-20-10-12-4-6-13(19)7-5-12/h4-7,10-11H,8-9H2,1-3H3,(H,21,23)(H,22,26,27). The number of fused-ring (bicyclic) bond motifs is 1. The van der Waals surface area contributed by atoms with Crippen molar-refractivity contribution < 1.29 is 0 Å². The van der Waals surface area contributed by atoms with Gasteiger partial charge in [0, 0.05) is 18.6 Å². The van der Waals surface area contributed by atoms with E-state index in [-0.39, 0.29) is 0 Å². The Morgan fingerprint density at radius 1 is 1.30 bits per heavy atom. The summed E-state index contributed by atoms with van der Waals surface area (Å²) in [6, 6.07) is 7.22. The summed E-state index contributed by atoms with van der Waals surface area (Å²) in [5, 5.41) is 4.85. The van der Waals surface area contributed by atoms with Gasteiger partial charge >= 0.3 is 5.69 Å². The third-order valence-corrected chi connectivity index (χ3v) is 4.44. The van der Waals surface area contributed by atoms with Crippen molar-refractivity contribution >= 4 is 34.9 Å². The van der Waals surface area contributed by atoms with Gasteiger partial charge in [0.15, 0.2) is 11.2 Å². The molecular weight excluding hydrogens is 368 g/mol. The zero-order valence-corrected chi connectivity index (χ0v) is 16.1. The lowest BCUT2D eigenvalue weighted by Crippen LogP contribution is -2.29. The molecule has 3 rings (SSSR count). The van der Waals surface area contributed by atoms with E-state index in [9.17, 15) is 9.59 Å². The predicted molar refractivity (Wildman–Crippen MR) is 108 cm³/mol. The lowest BCUT2D eigenvalue weighted by molar-refractivity contribution is 0.524. The van der Waals surface area contributed by atoms with Crippen LogP contribution in [0.1, 0.15) is 25.8 Å². The minimum Gasteiger partial charge on any atom is -0.303 e. The number of aryl methyl sites for hydroxylation is 2. The van der Waals surface area contributed by atoms with Gasteiger partial charge in [-0.25, -0.2) is 10.2 Å². The summed E-state index contributed by atoms with van der Waals surface area (Å²) in [5.74, 6) is 0.849. The summed E-state index contributed by atoms with van der Waals surface area (Å²) in [5.41, 5.74) is 3.45. The number of hydrazone groups is 1. The molecule has 0 amide bonds. The fourth-order valence-corrected chi connectivity index (χ4v) is 2.76. The third-order valence-electron chi connectivity index (χ3n) is 4.19. The van der Waals surface area contributed by atoms with E-state index < -0.39 is 11.2 Å². The van der Waals surface area contributed by atoms with Crippen molar-refractivity contribution in [2.45, 2.75) is 26.8 Å². The highest BCUT2D eigenvalue weighted by molar-refractivity contribution is 6.30. The van der Waals surface area contributed by atoms with Gasteiger partial charge in [-0.05, 0) is 30.0 Å². The summed E-state index contributed by atoms with van der Waals surface area (Å²) >= 11 is 5.88. The van der Waals surface area contributed by atoms with Crippen LogP contribution in [0.2, 0.25) is 5.02 Å².